The predicted octanol–water partition coefficient (Wildman–Crippen LogP) is 3.30. The third-order valence-corrected chi connectivity index (χ3v) is 4.50. The molecule has 3 heteroatoms. The van der Waals surface area contributed by atoms with Gasteiger partial charge < -0.3 is 5.32 Å². The molecular formula is C12H20N2S. The highest BCUT2D eigenvalue weighted by molar-refractivity contribution is 7.09. The van der Waals surface area contributed by atoms with E-state index in [1.807, 2.05) is 6.20 Å². The van der Waals surface area contributed by atoms with Crippen LogP contribution in [0.25, 0.3) is 0 Å². The molecule has 0 saturated heterocycles. The molecule has 2 nitrogen and oxygen atoms in total. The van der Waals surface area contributed by atoms with Crippen LogP contribution < -0.4 is 5.32 Å². The normalized spacial score (nSPS) is 21.9. The van der Waals surface area contributed by atoms with Crippen LogP contribution in [0.5, 0.6) is 0 Å². The summed E-state index contributed by atoms with van der Waals surface area (Å²) in [5, 5.41) is 6.91. The third kappa shape index (κ3) is 2.40. The van der Waals surface area contributed by atoms with Crippen LogP contribution in [0.4, 0.5) is 0 Å². The zero-order chi connectivity index (χ0) is 10.6. The van der Waals surface area contributed by atoms with E-state index in [9.17, 15) is 0 Å². The summed E-state index contributed by atoms with van der Waals surface area (Å²) in [5.41, 5.74) is 0.175. The number of hydrogen-bond donors (Lipinski definition) is 1. The molecule has 1 aliphatic rings. The Kier molecular flexibility index (Phi) is 3.76. The van der Waals surface area contributed by atoms with Gasteiger partial charge >= 0.3 is 0 Å². The number of hydrogen-bond acceptors (Lipinski definition) is 3. The first-order valence-corrected chi connectivity index (χ1v) is 6.84. The highest BCUT2D eigenvalue weighted by atomic mass is 32.1. The minimum atomic E-state index is 0.175. The lowest BCUT2D eigenvalue weighted by atomic mass is 9.84. The van der Waals surface area contributed by atoms with Crippen LogP contribution in [0.1, 0.15) is 50.0 Å². The first-order valence-electron chi connectivity index (χ1n) is 5.96. The molecular weight excluding hydrogens is 204 g/mol. The molecule has 1 fully saturated rings. The average Bonchev–Trinajstić information content (AvgIpc) is 2.72. The molecule has 2 rings (SSSR count). The first kappa shape index (κ1) is 11.1. The van der Waals surface area contributed by atoms with E-state index in [0.717, 1.165) is 0 Å². The van der Waals surface area contributed by atoms with Crippen LogP contribution >= 0.6 is 11.3 Å². The molecule has 1 aromatic heterocycles. The fourth-order valence-electron chi connectivity index (χ4n) is 2.54. The van der Waals surface area contributed by atoms with Crippen molar-refractivity contribution in [2.45, 2.75) is 50.5 Å². The summed E-state index contributed by atoms with van der Waals surface area (Å²) >= 11 is 1.80. The van der Waals surface area contributed by atoms with Gasteiger partial charge in [-0.3, -0.25) is 0 Å². The maximum Gasteiger partial charge on any atom is 0.113 e. The van der Waals surface area contributed by atoms with Crippen molar-refractivity contribution in [3.8, 4) is 0 Å². The van der Waals surface area contributed by atoms with E-state index in [2.05, 4.69) is 22.7 Å². The molecule has 0 amide bonds. The quantitative estimate of drug-likeness (QED) is 0.833. The highest BCUT2D eigenvalue weighted by Gasteiger charge is 2.32. The molecule has 15 heavy (non-hydrogen) atoms. The molecule has 0 aromatic carbocycles. The lowest BCUT2D eigenvalue weighted by molar-refractivity contribution is 0.269. The maximum atomic E-state index is 4.51. The Balaban J connectivity index is 2.17. The number of rotatable bonds is 2. The van der Waals surface area contributed by atoms with Crippen LogP contribution in [0.3, 0.4) is 0 Å². The summed E-state index contributed by atoms with van der Waals surface area (Å²) in [6, 6.07) is 0. The Hall–Kier alpha value is -0.410. The summed E-state index contributed by atoms with van der Waals surface area (Å²) in [6.45, 7) is 0. The zero-order valence-corrected chi connectivity index (χ0v) is 10.3. The monoisotopic (exact) mass is 224 g/mol. The van der Waals surface area contributed by atoms with Crippen molar-refractivity contribution in [1.29, 1.82) is 0 Å². The van der Waals surface area contributed by atoms with Gasteiger partial charge in [0.25, 0.3) is 0 Å². The van der Waals surface area contributed by atoms with Crippen molar-refractivity contribution in [3.63, 3.8) is 0 Å². The van der Waals surface area contributed by atoms with Crippen LogP contribution in [0.15, 0.2) is 11.6 Å². The predicted molar refractivity (Wildman–Crippen MR) is 65.2 cm³/mol. The number of aromatic nitrogens is 1. The van der Waals surface area contributed by atoms with E-state index in [-0.39, 0.29) is 5.54 Å². The lowest BCUT2D eigenvalue weighted by Gasteiger charge is -2.33. The summed E-state index contributed by atoms with van der Waals surface area (Å²) < 4.78 is 0. The minimum Gasteiger partial charge on any atom is -0.308 e. The molecule has 0 atom stereocenters. The van der Waals surface area contributed by atoms with E-state index in [0.29, 0.717) is 0 Å². The fraction of sp³-hybridized carbons (Fsp3) is 0.750. The van der Waals surface area contributed by atoms with Gasteiger partial charge in [0.05, 0.1) is 5.54 Å². The van der Waals surface area contributed by atoms with E-state index < -0.39 is 0 Å². The standard InChI is InChI=1S/C12H20N2S/c1-13-12(11-14-9-10-15-11)7-5-3-2-4-6-8-12/h9-10,13H,2-8H2,1H3. The summed E-state index contributed by atoms with van der Waals surface area (Å²) in [4.78, 5) is 4.51. The van der Waals surface area contributed by atoms with E-state index in [1.165, 1.54) is 50.0 Å². The van der Waals surface area contributed by atoms with Crippen molar-refractivity contribution in [2.75, 3.05) is 7.05 Å². The van der Waals surface area contributed by atoms with E-state index in [4.69, 9.17) is 0 Å². The van der Waals surface area contributed by atoms with E-state index >= 15 is 0 Å². The van der Waals surface area contributed by atoms with Crippen LogP contribution in [0, 0.1) is 0 Å². The van der Waals surface area contributed by atoms with Gasteiger partial charge in [-0.1, -0.05) is 32.1 Å². The Morgan fingerprint density at radius 3 is 2.40 bits per heavy atom. The second kappa shape index (κ2) is 5.08. The second-order valence-electron chi connectivity index (χ2n) is 4.44. The fourth-order valence-corrected chi connectivity index (χ4v) is 3.44. The largest absolute Gasteiger partial charge is 0.308 e. The molecule has 84 valence electrons. The third-order valence-electron chi connectivity index (χ3n) is 3.53. The topological polar surface area (TPSA) is 24.9 Å². The molecule has 0 unspecified atom stereocenters. The van der Waals surface area contributed by atoms with Crippen molar-refractivity contribution in [2.24, 2.45) is 0 Å². The van der Waals surface area contributed by atoms with Gasteiger partial charge in [-0.15, -0.1) is 11.3 Å². The summed E-state index contributed by atoms with van der Waals surface area (Å²) in [6.07, 6.45) is 11.3. The molecule has 1 heterocycles. The number of nitrogens with one attached hydrogen (secondary N) is 1. The van der Waals surface area contributed by atoms with Gasteiger partial charge in [0.1, 0.15) is 5.01 Å². The Morgan fingerprint density at radius 2 is 1.87 bits per heavy atom. The van der Waals surface area contributed by atoms with Crippen molar-refractivity contribution in [3.05, 3.63) is 16.6 Å². The van der Waals surface area contributed by atoms with Crippen molar-refractivity contribution in [1.82, 2.24) is 10.3 Å². The molecule has 1 N–H and O–H groups in total. The van der Waals surface area contributed by atoms with Gasteiger partial charge in [0, 0.05) is 11.6 Å². The SMILES string of the molecule is CNC1(c2nccs2)CCCCCCC1. The van der Waals surface area contributed by atoms with Gasteiger partial charge in [0.15, 0.2) is 0 Å². The smallest absolute Gasteiger partial charge is 0.113 e. The lowest BCUT2D eigenvalue weighted by Crippen LogP contribution is -2.40. The molecule has 0 radical (unpaired) electrons. The molecule has 1 aliphatic carbocycles. The Bertz CT molecular complexity index is 274. The van der Waals surface area contributed by atoms with Gasteiger partial charge in [-0.2, -0.15) is 0 Å². The van der Waals surface area contributed by atoms with Crippen molar-refractivity contribution < 1.29 is 0 Å². The number of nitrogens with zero attached hydrogens (tertiary/aromatic N) is 1. The first-order chi connectivity index (χ1) is 7.37. The second-order valence-corrected chi connectivity index (χ2v) is 5.33. The average molecular weight is 224 g/mol. The highest BCUT2D eigenvalue weighted by Crippen LogP contribution is 2.35. The van der Waals surface area contributed by atoms with Gasteiger partial charge in [-0.25, -0.2) is 4.98 Å². The van der Waals surface area contributed by atoms with Crippen LogP contribution in [-0.4, -0.2) is 12.0 Å². The summed E-state index contributed by atoms with van der Waals surface area (Å²) in [7, 11) is 2.09. The van der Waals surface area contributed by atoms with Gasteiger partial charge in [-0.05, 0) is 19.9 Å². The molecule has 0 aliphatic heterocycles. The molecule has 0 bridgehead atoms. The minimum absolute atomic E-state index is 0.175. The number of thiazole rings is 1. The molecule has 1 saturated carbocycles. The maximum absolute atomic E-state index is 4.51. The molecule has 1 aromatic rings. The zero-order valence-electron chi connectivity index (χ0n) is 9.46. The molecule has 0 spiro atoms. The van der Waals surface area contributed by atoms with Crippen LogP contribution in [0.2, 0.25) is 0 Å². The van der Waals surface area contributed by atoms with Gasteiger partial charge in [0.2, 0.25) is 0 Å². The van der Waals surface area contributed by atoms with Crippen molar-refractivity contribution >= 4 is 11.3 Å². The Labute approximate surface area is 96.1 Å². The van der Waals surface area contributed by atoms with Crippen LogP contribution in [-0.2, 0) is 5.54 Å². The van der Waals surface area contributed by atoms with E-state index in [1.54, 1.807) is 11.3 Å². The summed E-state index contributed by atoms with van der Waals surface area (Å²) in [5.74, 6) is 0. The Morgan fingerprint density at radius 1 is 1.20 bits per heavy atom.